The Labute approximate surface area is 117 Å². The highest BCUT2D eigenvalue weighted by Gasteiger charge is 2.30. The van der Waals surface area contributed by atoms with E-state index in [-0.39, 0.29) is 17.6 Å². The van der Waals surface area contributed by atoms with Gasteiger partial charge >= 0.3 is 0 Å². The SMILES string of the molecule is CN(Cc1cccc([N+](=O)[O-])c1)C(=O)CC(N)C1CC1. The van der Waals surface area contributed by atoms with E-state index in [4.69, 9.17) is 5.73 Å². The average Bonchev–Trinajstić information content (AvgIpc) is 3.23. The van der Waals surface area contributed by atoms with Crippen molar-refractivity contribution in [1.82, 2.24) is 4.90 Å². The molecule has 1 aliphatic carbocycles. The molecule has 1 aliphatic rings. The highest BCUT2D eigenvalue weighted by atomic mass is 16.6. The Morgan fingerprint density at radius 2 is 2.25 bits per heavy atom. The molecule has 0 aliphatic heterocycles. The van der Waals surface area contributed by atoms with E-state index in [1.807, 2.05) is 0 Å². The van der Waals surface area contributed by atoms with E-state index < -0.39 is 4.92 Å². The van der Waals surface area contributed by atoms with Gasteiger partial charge < -0.3 is 10.6 Å². The number of nitro benzene ring substituents is 1. The Balaban J connectivity index is 1.92. The lowest BCUT2D eigenvalue weighted by Crippen LogP contribution is -2.34. The number of non-ortho nitro benzene ring substituents is 1. The Morgan fingerprint density at radius 1 is 1.55 bits per heavy atom. The lowest BCUT2D eigenvalue weighted by atomic mass is 10.1. The second kappa shape index (κ2) is 6.00. The molecule has 1 unspecified atom stereocenters. The minimum absolute atomic E-state index is 0.0177. The summed E-state index contributed by atoms with van der Waals surface area (Å²) < 4.78 is 0. The number of nitro groups is 1. The van der Waals surface area contributed by atoms with Gasteiger partial charge in [-0.05, 0) is 24.3 Å². The first-order valence-electron chi connectivity index (χ1n) is 6.70. The largest absolute Gasteiger partial charge is 0.341 e. The van der Waals surface area contributed by atoms with Crippen LogP contribution in [-0.4, -0.2) is 28.8 Å². The number of carbonyl (C=O) groups excluding carboxylic acids is 1. The van der Waals surface area contributed by atoms with Crippen LogP contribution in [0.25, 0.3) is 0 Å². The summed E-state index contributed by atoms with van der Waals surface area (Å²) in [4.78, 5) is 23.9. The number of carbonyl (C=O) groups is 1. The number of nitrogens with zero attached hydrogens (tertiary/aromatic N) is 2. The monoisotopic (exact) mass is 277 g/mol. The molecule has 0 aromatic heterocycles. The summed E-state index contributed by atoms with van der Waals surface area (Å²) in [5.41, 5.74) is 6.72. The third kappa shape index (κ3) is 3.77. The van der Waals surface area contributed by atoms with Gasteiger partial charge in [-0.25, -0.2) is 0 Å². The quantitative estimate of drug-likeness (QED) is 0.632. The van der Waals surface area contributed by atoms with E-state index in [9.17, 15) is 14.9 Å². The van der Waals surface area contributed by atoms with Crippen LogP contribution in [0.2, 0.25) is 0 Å². The van der Waals surface area contributed by atoms with Crippen LogP contribution in [0.3, 0.4) is 0 Å². The molecule has 0 spiro atoms. The van der Waals surface area contributed by atoms with E-state index in [1.54, 1.807) is 24.1 Å². The van der Waals surface area contributed by atoms with Crippen molar-refractivity contribution in [3.05, 3.63) is 39.9 Å². The molecule has 1 fully saturated rings. The summed E-state index contributed by atoms with van der Waals surface area (Å²) in [5.74, 6) is 0.473. The fraction of sp³-hybridized carbons (Fsp3) is 0.500. The van der Waals surface area contributed by atoms with E-state index in [2.05, 4.69) is 0 Å². The van der Waals surface area contributed by atoms with Crippen LogP contribution in [0, 0.1) is 16.0 Å². The number of nitrogens with two attached hydrogens (primary N) is 1. The molecule has 1 aromatic carbocycles. The molecule has 1 atom stereocenters. The minimum Gasteiger partial charge on any atom is -0.341 e. The predicted molar refractivity (Wildman–Crippen MR) is 74.9 cm³/mol. The van der Waals surface area contributed by atoms with Crippen molar-refractivity contribution in [2.24, 2.45) is 11.7 Å². The molecule has 0 radical (unpaired) electrons. The van der Waals surface area contributed by atoms with Crippen LogP contribution >= 0.6 is 0 Å². The van der Waals surface area contributed by atoms with E-state index in [1.165, 1.54) is 12.1 Å². The molecule has 1 saturated carbocycles. The van der Waals surface area contributed by atoms with Gasteiger partial charge in [0.2, 0.25) is 5.91 Å². The molecule has 6 heteroatoms. The maximum Gasteiger partial charge on any atom is 0.269 e. The average molecular weight is 277 g/mol. The molecule has 6 nitrogen and oxygen atoms in total. The normalized spacial score (nSPS) is 15.7. The molecule has 0 bridgehead atoms. The Kier molecular flexibility index (Phi) is 4.34. The third-order valence-electron chi connectivity index (χ3n) is 3.60. The van der Waals surface area contributed by atoms with Gasteiger partial charge in [-0.2, -0.15) is 0 Å². The molecule has 2 rings (SSSR count). The third-order valence-corrected chi connectivity index (χ3v) is 3.60. The number of hydrogen-bond donors (Lipinski definition) is 1. The van der Waals surface area contributed by atoms with Gasteiger partial charge in [-0.3, -0.25) is 14.9 Å². The molecule has 1 aromatic rings. The number of hydrogen-bond acceptors (Lipinski definition) is 4. The Morgan fingerprint density at radius 3 is 2.85 bits per heavy atom. The van der Waals surface area contributed by atoms with Gasteiger partial charge in [-0.1, -0.05) is 12.1 Å². The maximum absolute atomic E-state index is 12.0. The Bertz CT molecular complexity index is 514. The van der Waals surface area contributed by atoms with Crippen LogP contribution in [0.4, 0.5) is 5.69 Å². The molecular weight excluding hydrogens is 258 g/mol. The molecule has 108 valence electrons. The van der Waals surface area contributed by atoms with Crippen molar-refractivity contribution in [3.8, 4) is 0 Å². The standard InChI is InChI=1S/C14H19N3O3/c1-16(14(18)8-13(15)11-5-6-11)9-10-3-2-4-12(7-10)17(19)20/h2-4,7,11,13H,5-6,8-9,15H2,1H3. The number of amides is 1. The van der Waals surface area contributed by atoms with Gasteiger partial charge in [0.05, 0.1) is 4.92 Å². The lowest BCUT2D eigenvalue weighted by Gasteiger charge is -2.19. The first-order chi connectivity index (χ1) is 9.47. The summed E-state index contributed by atoms with van der Waals surface area (Å²) in [6.45, 7) is 0.359. The van der Waals surface area contributed by atoms with E-state index in [0.717, 1.165) is 18.4 Å². The number of rotatable bonds is 6. The van der Waals surface area contributed by atoms with Crippen molar-refractivity contribution in [3.63, 3.8) is 0 Å². The van der Waals surface area contributed by atoms with Crippen LogP contribution in [0.5, 0.6) is 0 Å². The second-order valence-corrected chi connectivity index (χ2v) is 5.38. The van der Waals surface area contributed by atoms with Crippen molar-refractivity contribution in [1.29, 1.82) is 0 Å². The predicted octanol–water partition coefficient (Wildman–Crippen LogP) is 1.68. The molecule has 0 saturated heterocycles. The molecular formula is C14H19N3O3. The molecule has 2 N–H and O–H groups in total. The first kappa shape index (κ1) is 14.5. The smallest absolute Gasteiger partial charge is 0.269 e. The van der Waals surface area contributed by atoms with Crippen molar-refractivity contribution < 1.29 is 9.72 Å². The van der Waals surface area contributed by atoms with Gasteiger partial charge in [0, 0.05) is 38.2 Å². The van der Waals surface area contributed by atoms with E-state index >= 15 is 0 Å². The summed E-state index contributed by atoms with van der Waals surface area (Å²) >= 11 is 0. The first-order valence-corrected chi connectivity index (χ1v) is 6.70. The summed E-state index contributed by atoms with van der Waals surface area (Å²) in [6, 6.07) is 6.27. The molecule has 1 amide bonds. The van der Waals surface area contributed by atoms with Crippen LogP contribution in [0.1, 0.15) is 24.8 Å². The summed E-state index contributed by atoms with van der Waals surface area (Å²) in [7, 11) is 1.70. The maximum atomic E-state index is 12.0. The van der Waals surface area contributed by atoms with Crippen molar-refractivity contribution in [2.45, 2.75) is 31.8 Å². The second-order valence-electron chi connectivity index (χ2n) is 5.38. The highest BCUT2D eigenvalue weighted by molar-refractivity contribution is 5.76. The fourth-order valence-corrected chi connectivity index (χ4v) is 2.18. The van der Waals surface area contributed by atoms with Gasteiger partial charge in [0.15, 0.2) is 0 Å². The zero-order valence-corrected chi connectivity index (χ0v) is 11.5. The summed E-state index contributed by atoms with van der Waals surface area (Å²) in [6.07, 6.45) is 2.57. The van der Waals surface area contributed by atoms with Gasteiger partial charge in [0.1, 0.15) is 0 Å². The van der Waals surface area contributed by atoms with Crippen molar-refractivity contribution in [2.75, 3.05) is 7.05 Å². The van der Waals surface area contributed by atoms with Crippen LogP contribution in [0.15, 0.2) is 24.3 Å². The van der Waals surface area contributed by atoms with Gasteiger partial charge in [0.25, 0.3) is 5.69 Å². The lowest BCUT2D eigenvalue weighted by molar-refractivity contribution is -0.384. The topological polar surface area (TPSA) is 89.5 Å². The summed E-state index contributed by atoms with van der Waals surface area (Å²) in [5, 5.41) is 10.7. The van der Waals surface area contributed by atoms with Crippen molar-refractivity contribution >= 4 is 11.6 Å². The van der Waals surface area contributed by atoms with Crippen LogP contribution < -0.4 is 5.73 Å². The zero-order valence-electron chi connectivity index (χ0n) is 11.5. The zero-order chi connectivity index (χ0) is 14.7. The van der Waals surface area contributed by atoms with E-state index in [0.29, 0.717) is 18.9 Å². The molecule has 20 heavy (non-hydrogen) atoms. The minimum atomic E-state index is -0.436. The Hall–Kier alpha value is -1.95. The highest BCUT2D eigenvalue weighted by Crippen LogP contribution is 2.33. The van der Waals surface area contributed by atoms with Crippen LogP contribution in [-0.2, 0) is 11.3 Å². The van der Waals surface area contributed by atoms with Gasteiger partial charge in [-0.15, -0.1) is 0 Å². The molecule has 0 heterocycles. The number of benzene rings is 1. The fourth-order valence-electron chi connectivity index (χ4n) is 2.18.